The fourth-order valence-electron chi connectivity index (χ4n) is 1.33. The molecule has 0 aliphatic carbocycles. The molecule has 0 aromatic heterocycles. The highest BCUT2D eigenvalue weighted by atomic mass is 79.9. The van der Waals surface area contributed by atoms with E-state index < -0.39 is 11.6 Å². The molecule has 0 aliphatic heterocycles. The van der Waals surface area contributed by atoms with Crippen molar-refractivity contribution in [2.75, 3.05) is 5.43 Å². The van der Waals surface area contributed by atoms with Crippen LogP contribution < -0.4 is 5.43 Å². The van der Waals surface area contributed by atoms with Crippen LogP contribution >= 0.6 is 15.9 Å². The summed E-state index contributed by atoms with van der Waals surface area (Å²) in [5, 5.41) is 3.90. The number of nitrogens with zero attached hydrogens (tertiary/aromatic N) is 1. The van der Waals surface area contributed by atoms with Crippen LogP contribution in [0.1, 0.15) is 5.56 Å². The van der Waals surface area contributed by atoms with Gasteiger partial charge < -0.3 is 0 Å². The monoisotopic (exact) mass is 310 g/mol. The van der Waals surface area contributed by atoms with E-state index in [0.717, 1.165) is 16.1 Å². The van der Waals surface area contributed by atoms with E-state index in [4.69, 9.17) is 0 Å². The summed E-state index contributed by atoms with van der Waals surface area (Å²) in [7, 11) is 0. The van der Waals surface area contributed by atoms with Gasteiger partial charge in [-0.05, 0) is 18.2 Å². The van der Waals surface area contributed by atoms with Gasteiger partial charge in [-0.25, -0.2) is 8.78 Å². The second kappa shape index (κ2) is 5.73. The Balaban J connectivity index is 2.10. The van der Waals surface area contributed by atoms with Gasteiger partial charge in [0.15, 0.2) is 5.82 Å². The molecule has 1 N–H and O–H groups in total. The van der Waals surface area contributed by atoms with Gasteiger partial charge in [-0.3, -0.25) is 5.43 Å². The topological polar surface area (TPSA) is 24.4 Å². The van der Waals surface area contributed by atoms with Gasteiger partial charge in [-0.1, -0.05) is 34.1 Å². The number of nitrogens with one attached hydrogen (secondary N) is 1. The zero-order chi connectivity index (χ0) is 13.0. The van der Waals surface area contributed by atoms with Crippen LogP contribution in [0.3, 0.4) is 0 Å². The van der Waals surface area contributed by atoms with Crippen LogP contribution in [-0.4, -0.2) is 6.21 Å². The minimum atomic E-state index is -0.681. The van der Waals surface area contributed by atoms with E-state index in [2.05, 4.69) is 26.5 Å². The highest BCUT2D eigenvalue weighted by Crippen LogP contribution is 2.16. The van der Waals surface area contributed by atoms with Gasteiger partial charge in [0.2, 0.25) is 0 Å². The lowest BCUT2D eigenvalue weighted by molar-refractivity contribution is 0.585. The van der Waals surface area contributed by atoms with E-state index in [1.54, 1.807) is 6.21 Å². The van der Waals surface area contributed by atoms with Crippen molar-refractivity contribution in [3.8, 4) is 0 Å². The lowest BCUT2D eigenvalue weighted by atomic mass is 10.2. The summed E-state index contributed by atoms with van der Waals surface area (Å²) >= 11 is 3.36. The van der Waals surface area contributed by atoms with Crippen LogP contribution in [0.15, 0.2) is 52.0 Å². The van der Waals surface area contributed by atoms with Gasteiger partial charge in [-0.2, -0.15) is 5.10 Å². The molecule has 0 heterocycles. The first-order valence-electron chi connectivity index (χ1n) is 5.15. The molecule has 5 heteroatoms. The molecular formula is C13H9BrF2N2. The quantitative estimate of drug-likeness (QED) is 0.667. The van der Waals surface area contributed by atoms with Gasteiger partial charge in [0.25, 0.3) is 0 Å². The molecule has 2 nitrogen and oxygen atoms in total. The summed E-state index contributed by atoms with van der Waals surface area (Å²) in [4.78, 5) is 0. The van der Waals surface area contributed by atoms with Crippen molar-refractivity contribution in [2.45, 2.75) is 0 Å². The maximum absolute atomic E-state index is 13.3. The van der Waals surface area contributed by atoms with Gasteiger partial charge in [0.05, 0.1) is 11.9 Å². The molecule has 0 bridgehead atoms. The van der Waals surface area contributed by atoms with E-state index in [1.165, 1.54) is 12.1 Å². The summed E-state index contributed by atoms with van der Waals surface area (Å²) in [5.41, 5.74) is 3.50. The SMILES string of the molecule is Fc1ccc(N/N=C/c2ccccc2Br)c(F)c1. The maximum atomic E-state index is 13.3. The molecule has 0 fully saturated rings. The fraction of sp³-hybridized carbons (Fsp3) is 0. The minimum Gasteiger partial charge on any atom is -0.276 e. The highest BCUT2D eigenvalue weighted by Gasteiger charge is 2.01. The van der Waals surface area contributed by atoms with Crippen LogP contribution in [0.25, 0.3) is 0 Å². The highest BCUT2D eigenvalue weighted by molar-refractivity contribution is 9.10. The number of hydrogen-bond donors (Lipinski definition) is 1. The summed E-state index contributed by atoms with van der Waals surface area (Å²) < 4.78 is 26.8. The Morgan fingerprint density at radius 2 is 1.89 bits per heavy atom. The van der Waals surface area contributed by atoms with Crippen LogP contribution in [-0.2, 0) is 0 Å². The van der Waals surface area contributed by atoms with E-state index in [-0.39, 0.29) is 5.69 Å². The smallest absolute Gasteiger partial charge is 0.151 e. The van der Waals surface area contributed by atoms with Gasteiger partial charge in [0, 0.05) is 16.1 Å². The van der Waals surface area contributed by atoms with E-state index in [9.17, 15) is 8.78 Å². The predicted octanol–water partition coefficient (Wildman–Crippen LogP) is 4.17. The Morgan fingerprint density at radius 1 is 1.11 bits per heavy atom. The average Bonchev–Trinajstić information content (AvgIpc) is 2.34. The molecule has 0 amide bonds. The third kappa shape index (κ3) is 3.13. The van der Waals surface area contributed by atoms with Crippen molar-refractivity contribution in [2.24, 2.45) is 5.10 Å². The first kappa shape index (κ1) is 12.7. The Morgan fingerprint density at radius 3 is 2.61 bits per heavy atom. The molecule has 92 valence electrons. The second-order valence-corrected chi connectivity index (χ2v) is 4.37. The number of halogens is 3. The molecule has 18 heavy (non-hydrogen) atoms. The van der Waals surface area contributed by atoms with Crippen LogP contribution in [0.5, 0.6) is 0 Å². The molecule has 0 spiro atoms. The fourth-order valence-corrected chi connectivity index (χ4v) is 1.72. The molecule has 2 aromatic rings. The third-order valence-corrected chi connectivity index (χ3v) is 2.95. The van der Waals surface area contributed by atoms with E-state index in [1.807, 2.05) is 24.3 Å². The predicted molar refractivity (Wildman–Crippen MR) is 71.7 cm³/mol. The van der Waals surface area contributed by atoms with Gasteiger partial charge in [-0.15, -0.1) is 0 Å². The molecule has 2 rings (SSSR count). The molecule has 0 unspecified atom stereocenters. The van der Waals surface area contributed by atoms with E-state index in [0.29, 0.717) is 0 Å². The number of benzene rings is 2. The molecular weight excluding hydrogens is 302 g/mol. The zero-order valence-electron chi connectivity index (χ0n) is 9.20. The van der Waals surface area contributed by atoms with Crippen molar-refractivity contribution in [1.82, 2.24) is 0 Å². The number of rotatable bonds is 3. The Kier molecular flexibility index (Phi) is 4.04. The number of anilines is 1. The normalized spacial score (nSPS) is 10.8. The van der Waals surface area contributed by atoms with Crippen molar-refractivity contribution in [3.05, 3.63) is 64.1 Å². The lowest BCUT2D eigenvalue weighted by Gasteiger charge is -2.02. The lowest BCUT2D eigenvalue weighted by Crippen LogP contribution is -1.94. The van der Waals surface area contributed by atoms with Gasteiger partial charge >= 0.3 is 0 Å². The summed E-state index contributed by atoms with van der Waals surface area (Å²) in [5.74, 6) is -1.30. The molecule has 0 radical (unpaired) electrons. The van der Waals surface area contributed by atoms with E-state index >= 15 is 0 Å². The standard InChI is InChI=1S/C13H9BrF2N2/c14-11-4-2-1-3-9(11)8-17-18-13-6-5-10(15)7-12(13)16/h1-8,18H/b17-8+. The largest absolute Gasteiger partial charge is 0.276 e. The zero-order valence-corrected chi connectivity index (χ0v) is 10.8. The van der Waals surface area contributed by atoms with Crippen molar-refractivity contribution in [3.63, 3.8) is 0 Å². The average molecular weight is 311 g/mol. The summed E-state index contributed by atoms with van der Waals surface area (Å²) in [6, 6.07) is 10.7. The first-order valence-corrected chi connectivity index (χ1v) is 5.95. The second-order valence-electron chi connectivity index (χ2n) is 3.52. The maximum Gasteiger partial charge on any atom is 0.151 e. The van der Waals surface area contributed by atoms with Gasteiger partial charge in [0.1, 0.15) is 5.82 Å². The number of hydrogen-bond acceptors (Lipinski definition) is 2. The van der Waals surface area contributed by atoms with Crippen molar-refractivity contribution >= 4 is 27.8 Å². The Labute approximate surface area is 111 Å². The van der Waals surface area contributed by atoms with Crippen LogP contribution in [0.4, 0.5) is 14.5 Å². The molecule has 0 aliphatic rings. The Bertz CT molecular complexity index is 585. The molecule has 0 saturated carbocycles. The molecule has 0 atom stereocenters. The molecule has 0 saturated heterocycles. The minimum absolute atomic E-state index is 0.125. The van der Waals surface area contributed by atoms with Crippen molar-refractivity contribution in [1.29, 1.82) is 0 Å². The summed E-state index contributed by atoms with van der Waals surface area (Å²) in [6.07, 6.45) is 1.55. The number of hydrazone groups is 1. The Hall–Kier alpha value is -1.75. The molecule has 2 aromatic carbocycles. The van der Waals surface area contributed by atoms with Crippen LogP contribution in [0, 0.1) is 11.6 Å². The first-order chi connectivity index (χ1) is 8.66. The van der Waals surface area contributed by atoms with Crippen molar-refractivity contribution < 1.29 is 8.78 Å². The summed E-state index contributed by atoms with van der Waals surface area (Å²) in [6.45, 7) is 0. The van der Waals surface area contributed by atoms with Crippen LogP contribution in [0.2, 0.25) is 0 Å². The third-order valence-electron chi connectivity index (χ3n) is 2.22.